The monoisotopic (exact) mass is 466 g/mol. The van der Waals surface area contributed by atoms with Crippen LogP contribution in [-0.2, 0) is 0 Å². The van der Waals surface area contributed by atoms with Crippen LogP contribution in [0.15, 0.2) is 78.9 Å². The topological polar surface area (TPSA) is 66.6 Å². The summed E-state index contributed by atoms with van der Waals surface area (Å²) in [5.74, 6) is 0.918. The third-order valence-electron chi connectivity index (χ3n) is 6.40. The van der Waals surface area contributed by atoms with E-state index in [1.807, 2.05) is 59.0 Å². The summed E-state index contributed by atoms with van der Waals surface area (Å²) in [4.78, 5) is 22.0. The predicted molar refractivity (Wildman–Crippen MR) is 133 cm³/mol. The number of nitrogens with zero attached hydrogens (tertiary/aromatic N) is 6. The number of benzene rings is 3. The molecule has 1 aliphatic rings. The first kappa shape index (κ1) is 21.2. The van der Waals surface area contributed by atoms with Gasteiger partial charge in [-0.2, -0.15) is 0 Å². The highest BCUT2D eigenvalue weighted by molar-refractivity contribution is 5.94. The highest BCUT2D eigenvalue weighted by atomic mass is 19.1. The van der Waals surface area contributed by atoms with E-state index in [1.54, 1.807) is 17.0 Å². The molecule has 0 spiro atoms. The van der Waals surface area contributed by atoms with Gasteiger partial charge in [-0.3, -0.25) is 4.79 Å². The summed E-state index contributed by atoms with van der Waals surface area (Å²) in [6.45, 7) is 2.41. The molecule has 0 unspecified atom stereocenters. The van der Waals surface area contributed by atoms with Gasteiger partial charge in [0.15, 0.2) is 11.5 Å². The number of aromatic nitrogens is 4. The molecular formula is C27H23FN6O. The van der Waals surface area contributed by atoms with Crippen LogP contribution >= 0.6 is 0 Å². The van der Waals surface area contributed by atoms with Gasteiger partial charge >= 0.3 is 0 Å². The number of para-hydroxylation sites is 1. The third kappa shape index (κ3) is 3.86. The van der Waals surface area contributed by atoms with E-state index in [9.17, 15) is 9.18 Å². The molecule has 8 heteroatoms. The Labute approximate surface area is 201 Å². The fraction of sp³-hybridized carbons (Fsp3) is 0.185. The number of carbonyl (C=O) groups excluding carboxylic acids is 1. The van der Waals surface area contributed by atoms with Crippen molar-refractivity contribution in [3.8, 4) is 11.4 Å². The first-order valence-corrected chi connectivity index (χ1v) is 11.7. The van der Waals surface area contributed by atoms with Gasteiger partial charge in [-0.05, 0) is 36.8 Å². The fourth-order valence-electron chi connectivity index (χ4n) is 4.68. The van der Waals surface area contributed by atoms with Crippen LogP contribution in [-0.4, -0.2) is 56.6 Å². The highest BCUT2D eigenvalue weighted by Gasteiger charge is 2.25. The molecule has 1 aliphatic heterocycles. The van der Waals surface area contributed by atoms with Gasteiger partial charge in [0, 0.05) is 42.7 Å². The molecule has 35 heavy (non-hydrogen) atoms. The number of anilines is 1. The second-order valence-electron chi connectivity index (χ2n) is 8.62. The molecule has 5 aromatic rings. The zero-order valence-corrected chi connectivity index (χ0v) is 19.0. The predicted octanol–water partition coefficient (Wildman–Crippen LogP) is 4.44. The lowest BCUT2D eigenvalue weighted by Gasteiger charge is -2.24. The van der Waals surface area contributed by atoms with Gasteiger partial charge in [-0.1, -0.05) is 48.5 Å². The second kappa shape index (κ2) is 8.79. The number of fused-ring (bicyclic) bond motifs is 3. The minimum atomic E-state index is -0.406. The third-order valence-corrected chi connectivity index (χ3v) is 6.40. The molecule has 2 aromatic heterocycles. The van der Waals surface area contributed by atoms with Crippen LogP contribution in [0.1, 0.15) is 16.8 Å². The summed E-state index contributed by atoms with van der Waals surface area (Å²) < 4.78 is 15.7. The van der Waals surface area contributed by atoms with Crippen LogP contribution in [0.2, 0.25) is 0 Å². The van der Waals surface area contributed by atoms with Crippen LogP contribution in [0.5, 0.6) is 0 Å². The largest absolute Gasteiger partial charge is 0.340 e. The fourth-order valence-corrected chi connectivity index (χ4v) is 4.68. The van der Waals surface area contributed by atoms with Crippen LogP contribution in [0, 0.1) is 5.82 Å². The molecule has 0 saturated carbocycles. The van der Waals surface area contributed by atoms with E-state index in [0.29, 0.717) is 25.2 Å². The van der Waals surface area contributed by atoms with Crippen molar-refractivity contribution in [1.82, 2.24) is 24.5 Å². The average molecular weight is 467 g/mol. The molecule has 7 nitrogen and oxygen atoms in total. The van der Waals surface area contributed by atoms with E-state index < -0.39 is 5.82 Å². The van der Waals surface area contributed by atoms with Crippen molar-refractivity contribution in [2.24, 2.45) is 0 Å². The molecule has 0 N–H and O–H groups in total. The molecule has 0 atom stereocenters. The summed E-state index contributed by atoms with van der Waals surface area (Å²) in [5, 5.41) is 10.0. The molecule has 174 valence electrons. The average Bonchev–Trinajstić information content (AvgIpc) is 3.20. The molecule has 3 heterocycles. The molecule has 1 fully saturated rings. The SMILES string of the molecule is O=C(c1cccc(F)c1)N1CCCN(c2nc3ccccc3c3nnc(-c4ccccc4)n23)CC1. The molecule has 1 amide bonds. The molecule has 0 radical (unpaired) electrons. The Morgan fingerprint density at radius 3 is 2.51 bits per heavy atom. The van der Waals surface area contributed by atoms with Crippen LogP contribution in [0.3, 0.4) is 0 Å². The van der Waals surface area contributed by atoms with Crippen molar-refractivity contribution in [2.45, 2.75) is 6.42 Å². The first-order valence-electron chi connectivity index (χ1n) is 11.7. The van der Waals surface area contributed by atoms with Crippen molar-refractivity contribution in [3.05, 3.63) is 90.2 Å². The van der Waals surface area contributed by atoms with E-state index in [0.717, 1.165) is 46.9 Å². The van der Waals surface area contributed by atoms with Crippen molar-refractivity contribution < 1.29 is 9.18 Å². The smallest absolute Gasteiger partial charge is 0.254 e. The van der Waals surface area contributed by atoms with Crippen LogP contribution in [0.25, 0.3) is 27.9 Å². The maximum atomic E-state index is 13.7. The minimum Gasteiger partial charge on any atom is -0.340 e. The number of amides is 1. The zero-order valence-electron chi connectivity index (χ0n) is 19.0. The maximum absolute atomic E-state index is 13.7. The van der Waals surface area contributed by atoms with Gasteiger partial charge in [0.2, 0.25) is 5.95 Å². The van der Waals surface area contributed by atoms with Crippen molar-refractivity contribution >= 4 is 28.4 Å². The van der Waals surface area contributed by atoms with Gasteiger partial charge in [-0.25, -0.2) is 13.8 Å². The van der Waals surface area contributed by atoms with E-state index >= 15 is 0 Å². The van der Waals surface area contributed by atoms with E-state index in [4.69, 9.17) is 4.98 Å². The number of hydrogen-bond acceptors (Lipinski definition) is 5. The summed E-state index contributed by atoms with van der Waals surface area (Å²) in [6.07, 6.45) is 0.764. The second-order valence-corrected chi connectivity index (χ2v) is 8.62. The minimum absolute atomic E-state index is 0.155. The lowest BCUT2D eigenvalue weighted by Crippen LogP contribution is -2.36. The number of halogens is 1. The number of carbonyl (C=O) groups is 1. The number of hydrogen-bond donors (Lipinski definition) is 0. The standard InChI is InChI=1S/C27H23FN6O/c28-21-11-6-10-20(18-21)26(35)32-14-7-15-33(17-16-32)27-29-23-13-5-4-12-22(23)25-31-30-24(34(25)27)19-8-2-1-3-9-19/h1-6,8-13,18H,7,14-17H2. The first-order chi connectivity index (χ1) is 17.2. The Morgan fingerprint density at radius 1 is 0.829 bits per heavy atom. The molecule has 0 aliphatic carbocycles. The van der Waals surface area contributed by atoms with Gasteiger partial charge in [0.25, 0.3) is 5.91 Å². The quantitative estimate of drug-likeness (QED) is 0.393. The molecule has 3 aromatic carbocycles. The lowest BCUT2D eigenvalue weighted by atomic mass is 10.2. The Morgan fingerprint density at radius 2 is 1.66 bits per heavy atom. The Kier molecular flexibility index (Phi) is 5.33. The summed E-state index contributed by atoms with van der Waals surface area (Å²) in [7, 11) is 0. The van der Waals surface area contributed by atoms with Crippen molar-refractivity contribution in [3.63, 3.8) is 0 Å². The van der Waals surface area contributed by atoms with Crippen LogP contribution in [0.4, 0.5) is 10.3 Å². The highest BCUT2D eigenvalue weighted by Crippen LogP contribution is 2.29. The lowest BCUT2D eigenvalue weighted by molar-refractivity contribution is 0.0766. The van der Waals surface area contributed by atoms with Gasteiger partial charge in [0.1, 0.15) is 5.82 Å². The maximum Gasteiger partial charge on any atom is 0.254 e. The van der Waals surface area contributed by atoms with Gasteiger partial charge in [0.05, 0.1) is 5.52 Å². The van der Waals surface area contributed by atoms with E-state index in [2.05, 4.69) is 15.1 Å². The number of rotatable bonds is 3. The molecule has 6 rings (SSSR count). The van der Waals surface area contributed by atoms with E-state index in [1.165, 1.54) is 12.1 Å². The molecule has 0 bridgehead atoms. The van der Waals surface area contributed by atoms with Gasteiger partial charge < -0.3 is 9.80 Å². The summed E-state index contributed by atoms with van der Waals surface area (Å²) in [6, 6.07) is 23.7. The Balaban J connectivity index is 1.40. The summed E-state index contributed by atoms with van der Waals surface area (Å²) in [5.41, 5.74) is 2.92. The normalized spacial score (nSPS) is 14.4. The molecule has 1 saturated heterocycles. The van der Waals surface area contributed by atoms with Crippen molar-refractivity contribution in [1.29, 1.82) is 0 Å². The van der Waals surface area contributed by atoms with Crippen molar-refractivity contribution in [2.75, 3.05) is 31.1 Å². The Bertz CT molecular complexity index is 1530. The van der Waals surface area contributed by atoms with E-state index in [-0.39, 0.29) is 5.91 Å². The van der Waals surface area contributed by atoms with Gasteiger partial charge in [-0.15, -0.1) is 10.2 Å². The zero-order chi connectivity index (χ0) is 23.8. The van der Waals surface area contributed by atoms with Crippen LogP contribution < -0.4 is 4.90 Å². The Hall–Kier alpha value is -4.33. The molecular weight excluding hydrogens is 443 g/mol. The summed E-state index contributed by atoms with van der Waals surface area (Å²) >= 11 is 0.